The van der Waals surface area contributed by atoms with E-state index in [1.54, 1.807) is 18.6 Å². The van der Waals surface area contributed by atoms with E-state index >= 15 is 0 Å². The molecule has 1 heterocycles. The van der Waals surface area contributed by atoms with Gasteiger partial charge in [0.15, 0.2) is 22.6 Å². The molecule has 0 unspecified atom stereocenters. The minimum absolute atomic E-state index is 0.188. The second-order valence-electron chi connectivity index (χ2n) is 5.97. The minimum Gasteiger partial charge on any atom is -0.497 e. The molecule has 0 fully saturated rings. The number of ether oxygens (including phenoxy) is 1. The van der Waals surface area contributed by atoms with E-state index in [-0.39, 0.29) is 11.6 Å². The van der Waals surface area contributed by atoms with Crippen molar-refractivity contribution < 1.29 is 18.3 Å². The van der Waals surface area contributed by atoms with Crippen LogP contribution < -0.4 is 10.1 Å². The molecular formula is C19H18F2N4O2S. The number of anilines is 1. The summed E-state index contributed by atoms with van der Waals surface area (Å²) < 4.78 is 33.2. The molecule has 2 aromatic carbocycles. The van der Waals surface area contributed by atoms with Crippen LogP contribution in [-0.4, -0.2) is 33.0 Å². The molecule has 3 rings (SSSR count). The Morgan fingerprint density at radius 3 is 2.50 bits per heavy atom. The SMILES string of the molecule is COc1ccc(-c2nnc(S[C@H](C)C(=O)Nc3ccc(F)c(F)c3)n2C)cc1. The van der Waals surface area contributed by atoms with Gasteiger partial charge in [-0.15, -0.1) is 10.2 Å². The number of aromatic nitrogens is 3. The number of carbonyl (C=O) groups is 1. The molecule has 1 N–H and O–H groups in total. The summed E-state index contributed by atoms with van der Waals surface area (Å²) in [6.45, 7) is 1.70. The van der Waals surface area contributed by atoms with Crippen molar-refractivity contribution in [2.24, 2.45) is 7.05 Å². The van der Waals surface area contributed by atoms with Gasteiger partial charge in [-0.25, -0.2) is 8.78 Å². The lowest BCUT2D eigenvalue weighted by molar-refractivity contribution is -0.115. The lowest BCUT2D eigenvalue weighted by Gasteiger charge is -2.12. The third-order valence-electron chi connectivity index (χ3n) is 4.02. The first kappa shape index (κ1) is 19.8. The first-order valence-corrected chi connectivity index (χ1v) is 9.23. The van der Waals surface area contributed by atoms with Crippen LogP contribution in [0.5, 0.6) is 5.75 Å². The number of rotatable bonds is 6. The molecule has 0 aliphatic carbocycles. The van der Waals surface area contributed by atoms with E-state index in [1.807, 2.05) is 31.3 Å². The second-order valence-corrected chi connectivity index (χ2v) is 7.28. The van der Waals surface area contributed by atoms with E-state index in [0.717, 1.165) is 23.4 Å². The summed E-state index contributed by atoms with van der Waals surface area (Å²) in [4.78, 5) is 12.4. The zero-order valence-corrected chi connectivity index (χ0v) is 16.3. The van der Waals surface area contributed by atoms with Crippen LogP contribution in [0.2, 0.25) is 0 Å². The highest BCUT2D eigenvalue weighted by molar-refractivity contribution is 8.00. The van der Waals surface area contributed by atoms with Crippen molar-refractivity contribution in [3.8, 4) is 17.1 Å². The Morgan fingerprint density at radius 1 is 1.14 bits per heavy atom. The number of halogens is 2. The van der Waals surface area contributed by atoms with Crippen molar-refractivity contribution >= 4 is 23.4 Å². The number of hydrogen-bond donors (Lipinski definition) is 1. The summed E-state index contributed by atoms with van der Waals surface area (Å²) >= 11 is 1.21. The van der Waals surface area contributed by atoms with Gasteiger partial charge in [0.05, 0.1) is 12.4 Å². The van der Waals surface area contributed by atoms with E-state index in [2.05, 4.69) is 15.5 Å². The number of thioether (sulfide) groups is 1. The summed E-state index contributed by atoms with van der Waals surface area (Å²) in [6.07, 6.45) is 0. The van der Waals surface area contributed by atoms with Crippen molar-refractivity contribution in [2.75, 3.05) is 12.4 Å². The molecule has 146 valence electrons. The zero-order valence-electron chi connectivity index (χ0n) is 15.4. The summed E-state index contributed by atoms with van der Waals surface area (Å²) in [5.74, 6) is -0.951. The standard InChI is InChI=1S/C19H18F2N4O2S/c1-11(18(26)22-13-6-9-15(20)16(21)10-13)28-19-24-23-17(25(19)2)12-4-7-14(27-3)8-5-12/h4-11H,1-3H3,(H,22,26)/t11-/m1/s1. The molecule has 0 saturated carbocycles. The van der Waals surface area contributed by atoms with Crippen LogP contribution in [0.25, 0.3) is 11.4 Å². The van der Waals surface area contributed by atoms with Gasteiger partial charge in [0, 0.05) is 24.4 Å². The fraction of sp³-hybridized carbons (Fsp3) is 0.211. The van der Waals surface area contributed by atoms with Crippen LogP contribution in [0.1, 0.15) is 6.92 Å². The third kappa shape index (κ3) is 4.30. The van der Waals surface area contributed by atoms with Crippen molar-refractivity contribution in [3.05, 3.63) is 54.1 Å². The Bertz CT molecular complexity index is 992. The number of nitrogens with one attached hydrogen (secondary N) is 1. The summed E-state index contributed by atoms with van der Waals surface area (Å²) in [6, 6.07) is 10.6. The van der Waals surface area contributed by atoms with Crippen LogP contribution in [-0.2, 0) is 11.8 Å². The molecule has 0 aliphatic rings. The molecule has 3 aromatic rings. The predicted octanol–water partition coefficient (Wildman–Crippen LogP) is 3.89. The normalized spacial score (nSPS) is 11.9. The number of methoxy groups -OCH3 is 1. The van der Waals surface area contributed by atoms with Crippen LogP contribution in [0.3, 0.4) is 0 Å². The van der Waals surface area contributed by atoms with Gasteiger partial charge in [-0.3, -0.25) is 4.79 Å². The van der Waals surface area contributed by atoms with E-state index < -0.39 is 16.9 Å². The maximum atomic E-state index is 13.3. The van der Waals surface area contributed by atoms with Gasteiger partial charge in [-0.05, 0) is 43.3 Å². The maximum Gasteiger partial charge on any atom is 0.237 e. The lowest BCUT2D eigenvalue weighted by Crippen LogP contribution is -2.23. The smallest absolute Gasteiger partial charge is 0.237 e. The Labute approximate surface area is 164 Å². The highest BCUT2D eigenvalue weighted by Crippen LogP contribution is 2.27. The van der Waals surface area contributed by atoms with Gasteiger partial charge >= 0.3 is 0 Å². The Morgan fingerprint density at radius 2 is 1.86 bits per heavy atom. The molecule has 1 aromatic heterocycles. The Balaban J connectivity index is 1.69. The monoisotopic (exact) mass is 404 g/mol. The number of nitrogens with zero attached hydrogens (tertiary/aromatic N) is 3. The largest absolute Gasteiger partial charge is 0.497 e. The van der Waals surface area contributed by atoms with Crippen LogP contribution in [0, 0.1) is 11.6 Å². The molecule has 1 amide bonds. The molecule has 28 heavy (non-hydrogen) atoms. The Kier molecular flexibility index (Phi) is 5.93. The highest BCUT2D eigenvalue weighted by Gasteiger charge is 2.20. The van der Waals surface area contributed by atoms with Crippen LogP contribution in [0.15, 0.2) is 47.6 Å². The molecule has 6 nitrogen and oxygen atoms in total. The highest BCUT2D eigenvalue weighted by atomic mass is 32.2. The van der Waals surface area contributed by atoms with Crippen molar-refractivity contribution in [1.29, 1.82) is 0 Å². The molecular weight excluding hydrogens is 386 g/mol. The number of amides is 1. The Hall–Kier alpha value is -2.94. The predicted molar refractivity (Wildman–Crippen MR) is 103 cm³/mol. The second kappa shape index (κ2) is 8.39. The fourth-order valence-corrected chi connectivity index (χ4v) is 3.25. The summed E-state index contributed by atoms with van der Waals surface area (Å²) in [7, 11) is 3.40. The van der Waals surface area contributed by atoms with Crippen molar-refractivity contribution in [2.45, 2.75) is 17.3 Å². The average Bonchev–Trinajstić information content (AvgIpc) is 3.05. The third-order valence-corrected chi connectivity index (χ3v) is 5.16. The van der Waals surface area contributed by atoms with Gasteiger partial charge < -0.3 is 14.6 Å². The minimum atomic E-state index is -1.02. The number of carbonyl (C=O) groups excluding carboxylic acids is 1. The topological polar surface area (TPSA) is 69.0 Å². The quantitative estimate of drug-likeness (QED) is 0.632. The van der Waals surface area contributed by atoms with Gasteiger partial charge in [-0.1, -0.05) is 11.8 Å². The molecule has 0 saturated heterocycles. The first-order chi connectivity index (χ1) is 13.4. The fourth-order valence-electron chi connectivity index (χ4n) is 2.44. The first-order valence-electron chi connectivity index (χ1n) is 8.35. The molecule has 0 spiro atoms. The average molecular weight is 404 g/mol. The lowest BCUT2D eigenvalue weighted by atomic mass is 10.2. The summed E-state index contributed by atoms with van der Waals surface area (Å²) in [5.41, 5.74) is 1.05. The van der Waals surface area contributed by atoms with Crippen molar-refractivity contribution in [3.63, 3.8) is 0 Å². The van der Waals surface area contributed by atoms with Gasteiger partial charge in [0.1, 0.15) is 5.75 Å². The van der Waals surface area contributed by atoms with E-state index in [4.69, 9.17) is 4.74 Å². The summed E-state index contributed by atoms with van der Waals surface area (Å²) in [5, 5.41) is 10.9. The number of hydrogen-bond acceptors (Lipinski definition) is 5. The van der Waals surface area contributed by atoms with Crippen LogP contribution in [0.4, 0.5) is 14.5 Å². The molecule has 9 heteroatoms. The molecule has 0 radical (unpaired) electrons. The van der Waals surface area contributed by atoms with Gasteiger partial charge in [0.25, 0.3) is 0 Å². The van der Waals surface area contributed by atoms with Gasteiger partial charge in [0.2, 0.25) is 5.91 Å². The van der Waals surface area contributed by atoms with E-state index in [1.165, 1.54) is 17.8 Å². The molecule has 0 aliphatic heterocycles. The van der Waals surface area contributed by atoms with E-state index in [9.17, 15) is 13.6 Å². The maximum absolute atomic E-state index is 13.3. The zero-order chi connectivity index (χ0) is 20.3. The van der Waals surface area contributed by atoms with Crippen LogP contribution >= 0.6 is 11.8 Å². The van der Waals surface area contributed by atoms with Gasteiger partial charge in [-0.2, -0.15) is 0 Å². The van der Waals surface area contributed by atoms with Crippen molar-refractivity contribution in [1.82, 2.24) is 14.8 Å². The number of benzene rings is 2. The van der Waals surface area contributed by atoms with E-state index in [0.29, 0.717) is 11.0 Å². The molecule has 0 bridgehead atoms. The molecule has 1 atom stereocenters.